The van der Waals surface area contributed by atoms with Gasteiger partial charge in [-0.2, -0.15) is 4.98 Å². The predicted octanol–water partition coefficient (Wildman–Crippen LogP) is 6.98. The Bertz CT molecular complexity index is 2160. The Balaban J connectivity index is 0.930. The van der Waals surface area contributed by atoms with Crippen LogP contribution in [0.5, 0.6) is 11.8 Å². The average molecular weight is 800 g/mol. The lowest BCUT2D eigenvalue weighted by Crippen LogP contribution is -2.56. The number of aromatic nitrogens is 2. The number of carboxylic acids is 1. The molecule has 2 aromatic carbocycles. The SMILES string of the molecule is COc1nc(O[C@H]2CCc3c(-c4cccc(C(=O)Nc5ccc(CN6CC7(C(=O)O)CCC6CC7)cn5)c4Cl)cccc32)c(Cl)cc1CNC[C@@H]1CCC(=O)N1. The first-order valence-corrected chi connectivity index (χ1v) is 19.9. The van der Waals surface area contributed by atoms with Crippen molar-refractivity contribution in [2.45, 2.75) is 82.6 Å². The van der Waals surface area contributed by atoms with E-state index in [4.69, 9.17) is 32.7 Å². The number of hydrogen-bond acceptors (Lipinski definition) is 9. The number of rotatable bonds is 13. The molecule has 4 fully saturated rings. The molecule has 2 bridgehead atoms. The van der Waals surface area contributed by atoms with Crippen LogP contribution in [-0.4, -0.2) is 70.0 Å². The first kappa shape index (κ1) is 38.1. The van der Waals surface area contributed by atoms with Crippen molar-refractivity contribution in [3.8, 4) is 22.9 Å². The zero-order valence-corrected chi connectivity index (χ0v) is 32.6. The van der Waals surface area contributed by atoms with Crippen LogP contribution in [0.3, 0.4) is 0 Å². The van der Waals surface area contributed by atoms with Crippen LogP contribution in [0.1, 0.15) is 83.7 Å². The normalized spacial score (nSPS) is 22.8. The molecule has 2 amide bonds. The number of amides is 2. The molecule has 12 nitrogen and oxygen atoms in total. The molecule has 3 aliphatic heterocycles. The summed E-state index contributed by atoms with van der Waals surface area (Å²) in [6.07, 6.45) is 7.47. The van der Waals surface area contributed by atoms with Gasteiger partial charge in [0.25, 0.3) is 5.91 Å². The minimum atomic E-state index is -0.699. The summed E-state index contributed by atoms with van der Waals surface area (Å²) < 4.78 is 12.0. The van der Waals surface area contributed by atoms with E-state index >= 15 is 0 Å². The molecule has 0 unspecified atom stereocenters. The highest BCUT2D eigenvalue weighted by Gasteiger charge is 2.49. The second-order valence-electron chi connectivity index (χ2n) is 15.3. The van der Waals surface area contributed by atoms with Crippen molar-refractivity contribution in [2.75, 3.05) is 25.5 Å². The van der Waals surface area contributed by atoms with E-state index < -0.39 is 11.4 Å². The molecule has 3 saturated heterocycles. The second-order valence-corrected chi connectivity index (χ2v) is 16.1. The first-order chi connectivity index (χ1) is 27.1. The van der Waals surface area contributed by atoms with E-state index in [1.807, 2.05) is 36.4 Å². The van der Waals surface area contributed by atoms with E-state index in [2.05, 4.69) is 30.8 Å². The molecule has 56 heavy (non-hydrogen) atoms. The number of methoxy groups -OCH3 is 1. The maximum atomic E-state index is 13.6. The van der Waals surface area contributed by atoms with Gasteiger partial charge < -0.3 is 30.5 Å². The summed E-state index contributed by atoms with van der Waals surface area (Å²) in [6, 6.07) is 17.4. The van der Waals surface area contributed by atoms with Crippen molar-refractivity contribution < 1.29 is 29.0 Å². The molecule has 4 N–H and O–H groups in total. The quantitative estimate of drug-likeness (QED) is 0.111. The number of fused-ring (bicyclic) bond motifs is 4. The Morgan fingerprint density at radius 2 is 1.82 bits per heavy atom. The Kier molecular flexibility index (Phi) is 10.9. The number of nitrogens with zero attached hydrogens (tertiary/aromatic N) is 3. The summed E-state index contributed by atoms with van der Waals surface area (Å²) in [5.41, 5.74) is 5.15. The van der Waals surface area contributed by atoms with Crippen molar-refractivity contribution in [1.82, 2.24) is 25.5 Å². The van der Waals surface area contributed by atoms with Gasteiger partial charge in [-0.1, -0.05) is 59.6 Å². The lowest BCUT2D eigenvalue weighted by atomic mass is 9.67. The van der Waals surface area contributed by atoms with E-state index in [9.17, 15) is 19.5 Å². The van der Waals surface area contributed by atoms with Gasteiger partial charge in [-0.25, -0.2) is 4.98 Å². The predicted molar refractivity (Wildman–Crippen MR) is 212 cm³/mol. The molecular weight excluding hydrogens is 755 g/mol. The van der Waals surface area contributed by atoms with Crippen LogP contribution < -0.4 is 25.4 Å². The van der Waals surface area contributed by atoms with Crippen LogP contribution in [-0.2, 0) is 29.1 Å². The molecule has 4 aromatic rings. The number of piperidine rings is 2. The fourth-order valence-electron chi connectivity index (χ4n) is 8.81. The lowest BCUT2D eigenvalue weighted by Gasteiger charge is -2.50. The van der Waals surface area contributed by atoms with Crippen molar-refractivity contribution in [3.63, 3.8) is 0 Å². The van der Waals surface area contributed by atoms with E-state index in [1.165, 1.54) is 0 Å². The number of anilines is 1. The summed E-state index contributed by atoms with van der Waals surface area (Å²) >= 11 is 13.7. The van der Waals surface area contributed by atoms with Crippen LogP contribution in [0.15, 0.2) is 60.8 Å². The second kappa shape index (κ2) is 16.0. The third-order valence-electron chi connectivity index (χ3n) is 11.8. The van der Waals surface area contributed by atoms with Crippen LogP contribution in [0, 0.1) is 5.41 Å². The number of carbonyl (C=O) groups excluding carboxylic acids is 2. The lowest BCUT2D eigenvalue weighted by molar-refractivity contribution is -0.160. The summed E-state index contributed by atoms with van der Waals surface area (Å²) in [5, 5.41) is 19.8. The first-order valence-electron chi connectivity index (χ1n) is 19.2. The molecule has 14 heteroatoms. The van der Waals surface area contributed by atoms with Crippen molar-refractivity contribution in [3.05, 3.63) is 98.7 Å². The summed E-state index contributed by atoms with van der Waals surface area (Å²) in [7, 11) is 1.56. The number of aliphatic carboxylic acids is 1. The molecule has 0 radical (unpaired) electrons. The molecule has 2 aromatic heterocycles. The Morgan fingerprint density at radius 1 is 1.02 bits per heavy atom. The molecule has 9 rings (SSSR count). The maximum Gasteiger partial charge on any atom is 0.310 e. The van der Waals surface area contributed by atoms with Crippen LogP contribution in [0.2, 0.25) is 10.0 Å². The van der Waals surface area contributed by atoms with Gasteiger partial charge >= 0.3 is 5.97 Å². The molecule has 292 valence electrons. The highest BCUT2D eigenvalue weighted by molar-refractivity contribution is 6.37. The van der Waals surface area contributed by atoms with E-state index in [1.54, 1.807) is 31.5 Å². The van der Waals surface area contributed by atoms with E-state index in [0.717, 1.165) is 71.9 Å². The molecule has 5 aliphatic rings. The van der Waals surface area contributed by atoms with E-state index in [0.29, 0.717) is 72.4 Å². The number of halogens is 2. The van der Waals surface area contributed by atoms with Crippen molar-refractivity contribution in [1.29, 1.82) is 0 Å². The largest absolute Gasteiger partial charge is 0.481 e. The number of pyridine rings is 2. The third kappa shape index (κ3) is 7.67. The van der Waals surface area contributed by atoms with Crippen LogP contribution in [0.4, 0.5) is 5.82 Å². The van der Waals surface area contributed by atoms with Gasteiger partial charge in [-0.05, 0) is 85.4 Å². The zero-order valence-electron chi connectivity index (χ0n) is 31.1. The van der Waals surface area contributed by atoms with Crippen molar-refractivity contribution in [2.24, 2.45) is 5.41 Å². The minimum absolute atomic E-state index is 0.0767. The fourth-order valence-corrected chi connectivity index (χ4v) is 9.34. The molecule has 5 heterocycles. The van der Waals surface area contributed by atoms with Gasteiger partial charge in [0.1, 0.15) is 16.9 Å². The molecule has 1 saturated carbocycles. The number of hydrogen-bond donors (Lipinski definition) is 4. The maximum absolute atomic E-state index is 13.6. The number of nitrogens with one attached hydrogen (secondary N) is 3. The van der Waals surface area contributed by atoms with Gasteiger partial charge in [0.15, 0.2) is 0 Å². The van der Waals surface area contributed by atoms with Gasteiger partial charge in [-0.3, -0.25) is 19.3 Å². The Labute approximate surface area is 335 Å². The molecular formula is C42H44Cl2N6O6. The monoisotopic (exact) mass is 798 g/mol. The summed E-state index contributed by atoms with van der Waals surface area (Å²) in [6.45, 7) is 2.27. The number of ether oxygens (including phenoxy) is 2. The zero-order chi connectivity index (χ0) is 39.0. The van der Waals surface area contributed by atoms with Crippen LogP contribution >= 0.6 is 23.2 Å². The smallest absolute Gasteiger partial charge is 0.310 e. The molecule has 2 aliphatic carbocycles. The number of benzene rings is 2. The highest BCUT2D eigenvalue weighted by Crippen LogP contribution is 2.46. The number of carboxylic acid groups (broad SMARTS) is 1. The van der Waals surface area contributed by atoms with E-state index in [-0.39, 0.29) is 29.8 Å². The fraction of sp³-hybridized carbons (Fsp3) is 0.405. The third-order valence-corrected chi connectivity index (χ3v) is 12.5. The number of carbonyl (C=O) groups is 3. The molecule has 0 spiro atoms. The highest BCUT2D eigenvalue weighted by atomic mass is 35.5. The standard InChI is InChI=1S/C42H44Cl2N6O6/c1-55-39-25(20-45-21-26-9-13-36(51)47-26)18-33(43)40(49-39)56-34-11-10-29-28(4-2-5-30(29)34)31-6-3-7-32(37(31)44)38(52)48-35-12-8-24(19-46-35)22-50-23-42(41(53)54)16-14-27(50)15-17-42/h2-8,12,18-19,26-27,34,45H,9-11,13-17,20-23H2,1H3,(H,47,51)(H,53,54)(H,46,48,52)/t26-,27?,34-,42?/m0/s1. The topological polar surface area (TPSA) is 155 Å². The summed E-state index contributed by atoms with van der Waals surface area (Å²) in [5.74, 6) is 0.0909. The summed E-state index contributed by atoms with van der Waals surface area (Å²) in [4.78, 5) is 48.5. The Hall–Kier alpha value is -4.75. The van der Waals surface area contributed by atoms with Crippen molar-refractivity contribution >= 4 is 46.8 Å². The van der Waals surface area contributed by atoms with Gasteiger partial charge in [0.2, 0.25) is 17.7 Å². The Morgan fingerprint density at radius 3 is 2.55 bits per heavy atom. The van der Waals surface area contributed by atoms with Gasteiger partial charge in [0.05, 0.1) is 23.1 Å². The minimum Gasteiger partial charge on any atom is -0.481 e. The average Bonchev–Trinajstić information content (AvgIpc) is 3.82. The molecule has 2 atom stereocenters. The van der Waals surface area contributed by atoms with Gasteiger partial charge in [0, 0.05) is 62.0 Å². The van der Waals surface area contributed by atoms with Gasteiger partial charge in [-0.15, -0.1) is 0 Å². The van der Waals surface area contributed by atoms with Crippen LogP contribution in [0.25, 0.3) is 11.1 Å².